The predicted molar refractivity (Wildman–Crippen MR) is 136 cm³/mol. The maximum Gasteiger partial charge on any atom is 0.274 e. The summed E-state index contributed by atoms with van der Waals surface area (Å²) in [6.07, 6.45) is 9.57. The number of hydrogen-bond acceptors (Lipinski definition) is 4. The van der Waals surface area contributed by atoms with Crippen molar-refractivity contribution in [1.82, 2.24) is 24.5 Å². The fraction of sp³-hybridized carbons (Fsp3) is 0.357. The van der Waals surface area contributed by atoms with Gasteiger partial charge in [0.2, 0.25) is 0 Å². The first kappa shape index (κ1) is 22.6. The van der Waals surface area contributed by atoms with E-state index in [1.165, 1.54) is 48.2 Å². The Hall–Kier alpha value is -3.81. The van der Waals surface area contributed by atoms with Gasteiger partial charge >= 0.3 is 0 Å². The molecule has 4 aromatic rings. The van der Waals surface area contributed by atoms with E-state index < -0.39 is 6.67 Å². The largest absolute Gasteiger partial charge is 0.339 e. The van der Waals surface area contributed by atoms with E-state index in [2.05, 4.69) is 27.2 Å². The topological polar surface area (TPSA) is 83.4 Å². The Balaban J connectivity index is 1.43. The van der Waals surface area contributed by atoms with Crippen molar-refractivity contribution in [2.75, 3.05) is 19.8 Å². The molecule has 0 spiro atoms. The summed E-state index contributed by atoms with van der Waals surface area (Å²) >= 11 is 0. The van der Waals surface area contributed by atoms with Gasteiger partial charge in [0, 0.05) is 43.0 Å². The average molecular weight is 486 g/mol. The van der Waals surface area contributed by atoms with Crippen molar-refractivity contribution in [2.45, 2.75) is 38.0 Å². The number of carbonyl (C=O) groups excluding carboxylic acids is 1. The van der Waals surface area contributed by atoms with E-state index in [0.717, 1.165) is 5.56 Å². The van der Waals surface area contributed by atoms with E-state index in [9.17, 15) is 14.0 Å². The number of halogens is 1. The SMILES string of the molecule is O=C(c1c(-c2cccnc2)nn2c(=O)cc(-c3ccc(C4CCCCC4)cc3)[nH]c12)N1CC(CF)C1. The number of benzene rings is 1. The first-order valence-corrected chi connectivity index (χ1v) is 12.6. The lowest BCUT2D eigenvalue weighted by molar-refractivity contribution is 0.0455. The maximum atomic E-state index is 13.5. The van der Waals surface area contributed by atoms with Gasteiger partial charge in [0.1, 0.15) is 11.3 Å². The van der Waals surface area contributed by atoms with Crippen LogP contribution < -0.4 is 5.56 Å². The quantitative estimate of drug-likeness (QED) is 0.438. The van der Waals surface area contributed by atoms with E-state index in [1.807, 2.05) is 12.1 Å². The van der Waals surface area contributed by atoms with Crippen molar-refractivity contribution in [3.63, 3.8) is 0 Å². The van der Waals surface area contributed by atoms with E-state index >= 15 is 0 Å². The first-order valence-electron chi connectivity index (χ1n) is 12.6. The molecule has 0 radical (unpaired) electrons. The normalized spacial score (nSPS) is 16.9. The molecule has 1 aliphatic carbocycles. The monoisotopic (exact) mass is 485 g/mol. The summed E-state index contributed by atoms with van der Waals surface area (Å²) in [5, 5.41) is 4.50. The molecule has 2 fully saturated rings. The number of alkyl halides is 1. The van der Waals surface area contributed by atoms with Gasteiger partial charge in [-0.1, -0.05) is 43.5 Å². The van der Waals surface area contributed by atoms with Crippen LogP contribution in [0.5, 0.6) is 0 Å². The molecule has 2 aliphatic rings. The number of nitrogens with one attached hydrogen (secondary N) is 1. The number of H-pyrrole nitrogens is 1. The van der Waals surface area contributed by atoms with Gasteiger partial charge in [-0.25, -0.2) is 0 Å². The molecule has 3 aromatic heterocycles. The zero-order chi connectivity index (χ0) is 24.6. The van der Waals surface area contributed by atoms with E-state index in [-0.39, 0.29) is 17.4 Å². The molecule has 0 atom stereocenters. The van der Waals surface area contributed by atoms with Gasteiger partial charge in [0.25, 0.3) is 11.5 Å². The summed E-state index contributed by atoms with van der Waals surface area (Å²) in [6, 6.07) is 13.4. The number of amides is 1. The Morgan fingerprint density at radius 1 is 1.06 bits per heavy atom. The molecular formula is C28H28FN5O2. The second kappa shape index (κ2) is 9.33. The van der Waals surface area contributed by atoms with Gasteiger partial charge in [-0.05, 0) is 42.0 Å². The Kier molecular flexibility index (Phi) is 5.87. The lowest BCUT2D eigenvalue weighted by Crippen LogP contribution is -2.50. The molecule has 0 bridgehead atoms. The number of nitrogens with zero attached hydrogens (tertiary/aromatic N) is 4. The predicted octanol–water partition coefficient (Wildman–Crippen LogP) is 4.84. The Bertz CT molecular complexity index is 1450. The van der Waals surface area contributed by atoms with Crippen LogP contribution in [-0.4, -0.2) is 50.2 Å². The number of carbonyl (C=O) groups is 1. The van der Waals surface area contributed by atoms with Gasteiger partial charge < -0.3 is 9.88 Å². The van der Waals surface area contributed by atoms with Crippen LogP contribution in [0.4, 0.5) is 4.39 Å². The summed E-state index contributed by atoms with van der Waals surface area (Å²) in [7, 11) is 0. The molecule has 8 heteroatoms. The average Bonchev–Trinajstić information content (AvgIpc) is 3.29. The first-order chi connectivity index (χ1) is 17.6. The number of likely N-dealkylation sites (tertiary alicyclic amines) is 1. The molecular weight excluding hydrogens is 457 g/mol. The third kappa shape index (κ3) is 4.00. The third-order valence-electron chi connectivity index (χ3n) is 7.52. The van der Waals surface area contributed by atoms with Gasteiger partial charge in [-0.15, -0.1) is 0 Å². The summed E-state index contributed by atoms with van der Waals surface area (Å²) in [4.78, 5) is 35.8. The second-order valence-electron chi connectivity index (χ2n) is 9.93. The summed E-state index contributed by atoms with van der Waals surface area (Å²) < 4.78 is 14.3. The van der Waals surface area contributed by atoms with Gasteiger partial charge in [-0.2, -0.15) is 9.61 Å². The van der Waals surface area contributed by atoms with Crippen molar-refractivity contribution in [2.24, 2.45) is 5.92 Å². The summed E-state index contributed by atoms with van der Waals surface area (Å²) in [5.74, 6) is 0.184. The van der Waals surface area contributed by atoms with Crippen LogP contribution in [-0.2, 0) is 0 Å². The van der Waals surface area contributed by atoms with E-state index in [4.69, 9.17) is 0 Å². The lowest BCUT2D eigenvalue weighted by Gasteiger charge is -2.37. The molecule has 7 nitrogen and oxygen atoms in total. The molecule has 1 saturated carbocycles. The number of rotatable bonds is 5. The highest BCUT2D eigenvalue weighted by Gasteiger charge is 2.35. The molecule has 1 aromatic carbocycles. The Labute approximate surface area is 208 Å². The molecule has 1 aliphatic heterocycles. The fourth-order valence-corrected chi connectivity index (χ4v) is 5.47. The highest BCUT2D eigenvalue weighted by molar-refractivity contribution is 6.06. The molecule has 184 valence electrons. The fourth-order valence-electron chi connectivity index (χ4n) is 5.47. The minimum atomic E-state index is -0.453. The van der Waals surface area contributed by atoms with Crippen LogP contribution in [0.15, 0.2) is 59.7 Å². The maximum absolute atomic E-state index is 13.5. The number of aromatic amines is 1. The molecule has 1 saturated heterocycles. The van der Waals surface area contributed by atoms with Gasteiger partial charge in [0.05, 0.1) is 12.4 Å². The summed E-state index contributed by atoms with van der Waals surface area (Å²) in [6.45, 7) is 0.253. The smallest absolute Gasteiger partial charge is 0.274 e. The zero-order valence-corrected chi connectivity index (χ0v) is 20.0. The van der Waals surface area contributed by atoms with Crippen LogP contribution in [0.25, 0.3) is 28.2 Å². The van der Waals surface area contributed by atoms with Crippen molar-refractivity contribution in [3.05, 3.63) is 76.3 Å². The van der Waals surface area contributed by atoms with Crippen molar-refractivity contribution < 1.29 is 9.18 Å². The molecule has 6 rings (SSSR count). The third-order valence-corrected chi connectivity index (χ3v) is 7.52. The standard InChI is InChI=1S/C28H28FN5O2/c29-14-18-16-33(17-18)28(36)25-26(22-7-4-12-30-15-22)32-34-24(35)13-23(31-27(25)34)21-10-8-20(9-11-21)19-5-2-1-3-6-19/h4,7-13,15,18-19,31H,1-3,5-6,14,16-17H2. The van der Waals surface area contributed by atoms with Crippen LogP contribution in [0.3, 0.4) is 0 Å². The number of aromatic nitrogens is 4. The van der Waals surface area contributed by atoms with Crippen LogP contribution in [0.2, 0.25) is 0 Å². The molecule has 36 heavy (non-hydrogen) atoms. The van der Waals surface area contributed by atoms with Crippen LogP contribution in [0, 0.1) is 5.92 Å². The Morgan fingerprint density at radius 3 is 2.53 bits per heavy atom. The number of hydrogen-bond donors (Lipinski definition) is 1. The molecule has 4 heterocycles. The van der Waals surface area contributed by atoms with Crippen LogP contribution in [0.1, 0.15) is 53.9 Å². The summed E-state index contributed by atoms with van der Waals surface area (Å²) in [5.41, 5.74) is 4.16. The minimum absolute atomic E-state index is 0.144. The van der Waals surface area contributed by atoms with Gasteiger partial charge in [-0.3, -0.25) is 19.0 Å². The van der Waals surface area contributed by atoms with E-state index in [0.29, 0.717) is 47.2 Å². The van der Waals surface area contributed by atoms with Crippen molar-refractivity contribution in [1.29, 1.82) is 0 Å². The van der Waals surface area contributed by atoms with Crippen LogP contribution >= 0.6 is 0 Å². The lowest BCUT2D eigenvalue weighted by atomic mass is 9.84. The van der Waals surface area contributed by atoms with Gasteiger partial charge in [0.15, 0.2) is 5.65 Å². The van der Waals surface area contributed by atoms with E-state index in [1.54, 1.807) is 29.4 Å². The molecule has 1 N–H and O–H groups in total. The number of pyridine rings is 1. The molecule has 0 unspecified atom stereocenters. The second-order valence-corrected chi connectivity index (χ2v) is 9.93. The number of fused-ring (bicyclic) bond motifs is 1. The Morgan fingerprint density at radius 2 is 1.83 bits per heavy atom. The minimum Gasteiger partial charge on any atom is -0.339 e. The zero-order valence-electron chi connectivity index (χ0n) is 20.0. The molecule has 1 amide bonds. The van der Waals surface area contributed by atoms with Crippen molar-refractivity contribution >= 4 is 11.6 Å². The highest BCUT2D eigenvalue weighted by Crippen LogP contribution is 2.34. The van der Waals surface area contributed by atoms with Crippen molar-refractivity contribution in [3.8, 4) is 22.5 Å². The highest BCUT2D eigenvalue weighted by atomic mass is 19.1.